The minimum absolute atomic E-state index is 0.0880. The molecule has 0 aliphatic carbocycles. The summed E-state index contributed by atoms with van der Waals surface area (Å²) in [5, 5.41) is 2.91. The number of likely N-dealkylation sites (tertiary alicyclic amines) is 1. The number of carbonyl (C=O) groups is 2. The molecule has 10 heteroatoms. The van der Waals surface area contributed by atoms with E-state index in [9.17, 15) is 18.0 Å². The number of fused-ring (bicyclic) bond motifs is 1. The number of hydrogen-bond acceptors (Lipinski definition) is 5. The molecule has 0 saturated carbocycles. The van der Waals surface area contributed by atoms with Crippen molar-refractivity contribution in [2.75, 3.05) is 35.5 Å². The first-order valence-corrected chi connectivity index (χ1v) is 12.9. The van der Waals surface area contributed by atoms with E-state index in [0.29, 0.717) is 49.5 Å². The van der Waals surface area contributed by atoms with Gasteiger partial charge >= 0.3 is 0 Å². The van der Waals surface area contributed by atoms with Crippen molar-refractivity contribution >= 4 is 33.2 Å². The molecule has 2 aliphatic rings. The van der Waals surface area contributed by atoms with E-state index in [0.717, 1.165) is 11.1 Å². The van der Waals surface area contributed by atoms with Crippen molar-refractivity contribution in [3.05, 3.63) is 77.9 Å². The number of amides is 2. The minimum atomic E-state index is -3.31. The van der Waals surface area contributed by atoms with Gasteiger partial charge in [0.15, 0.2) is 0 Å². The Labute approximate surface area is 198 Å². The smallest absolute Gasteiger partial charge is 0.253 e. The fourth-order valence-corrected chi connectivity index (χ4v) is 5.38. The number of anilines is 2. The van der Waals surface area contributed by atoms with E-state index in [1.165, 1.54) is 10.6 Å². The number of sulfonamides is 1. The third kappa shape index (κ3) is 4.41. The lowest BCUT2D eigenvalue weighted by molar-refractivity contribution is -0.123. The van der Waals surface area contributed by atoms with Gasteiger partial charge in [-0.05, 0) is 47.9 Å². The highest BCUT2D eigenvalue weighted by atomic mass is 32.2. The van der Waals surface area contributed by atoms with Gasteiger partial charge in [0.25, 0.3) is 5.91 Å². The summed E-state index contributed by atoms with van der Waals surface area (Å²) in [6.07, 6.45) is 7.12. The molecule has 34 heavy (non-hydrogen) atoms. The summed E-state index contributed by atoms with van der Waals surface area (Å²) >= 11 is 0. The maximum absolute atomic E-state index is 12.9. The van der Waals surface area contributed by atoms with Gasteiger partial charge in [-0.3, -0.25) is 13.9 Å². The fraction of sp³-hybridized carbons (Fsp3) is 0.292. The van der Waals surface area contributed by atoms with Crippen LogP contribution < -0.4 is 9.62 Å². The molecule has 2 aromatic carbocycles. The first-order chi connectivity index (χ1) is 16.3. The van der Waals surface area contributed by atoms with Crippen molar-refractivity contribution in [3.8, 4) is 0 Å². The molecule has 2 amide bonds. The molecule has 3 aromatic rings. The molecule has 9 nitrogen and oxygen atoms in total. The second-order valence-electron chi connectivity index (χ2n) is 8.76. The number of benzene rings is 2. The average molecular weight is 480 g/mol. The normalized spacial score (nSPS) is 15.7. The van der Waals surface area contributed by atoms with Gasteiger partial charge in [-0.1, -0.05) is 12.1 Å². The van der Waals surface area contributed by atoms with Crippen LogP contribution in [-0.4, -0.2) is 60.6 Å². The molecule has 0 atom stereocenters. The Morgan fingerprint density at radius 3 is 2.71 bits per heavy atom. The number of carbonyl (C=O) groups excluding carboxylic acids is 2. The van der Waals surface area contributed by atoms with Crippen LogP contribution in [0.15, 0.2) is 61.2 Å². The summed E-state index contributed by atoms with van der Waals surface area (Å²) in [6, 6.07) is 12.8. The van der Waals surface area contributed by atoms with Crippen molar-refractivity contribution in [2.45, 2.75) is 13.0 Å². The second-order valence-corrected chi connectivity index (χ2v) is 10.7. The molecule has 0 unspecified atom stereocenters. The Hall–Kier alpha value is -3.66. The zero-order chi connectivity index (χ0) is 23.9. The van der Waals surface area contributed by atoms with Gasteiger partial charge in [-0.15, -0.1) is 0 Å². The summed E-state index contributed by atoms with van der Waals surface area (Å²) in [6.45, 7) is 1.77. The maximum atomic E-state index is 12.9. The fourth-order valence-electron chi connectivity index (χ4n) is 4.42. The van der Waals surface area contributed by atoms with Crippen molar-refractivity contribution < 1.29 is 18.0 Å². The molecule has 0 bridgehead atoms. The van der Waals surface area contributed by atoms with E-state index in [4.69, 9.17) is 0 Å². The largest absolute Gasteiger partial charge is 0.337 e. The molecule has 1 N–H and O–H groups in total. The standard InChI is InChI=1S/C24H25N5O4S/c1-34(32,33)29-9-7-18-12-21(5-6-22(18)29)26-23(30)20-14-28(15-20)24(31)19-4-2-3-17(11-19)13-27-10-8-25-16-27/h2-6,8,10-12,16,20H,7,9,13-15H2,1H3,(H,26,30). The lowest BCUT2D eigenvalue weighted by atomic mass is 9.97. The van der Waals surface area contributed by atoms with E-state index in [2.05, 4.69) is 10.3 Å². The van der Waals surface area contributed by atoms with Crippen LogP contribution in [0.25, 0.3) is 0 Å². The molecule has 1 aromatic heterocycles. The minimum Gasteiger partial charge on any atom is -0.337 e. The van der Waals surface area contributed by atoms with Gasteiger partial charge in [0.2, 0.25) is 15.9 Å². The van der Waals surface area contributed by atoms with E-state index >= 15 is 0 Å². The Balaban J connectivity index is 1.17. The number of nitrogens with one attached hydrogen (secondary N) is 1. The molecule has 1 saturated heterocycles. The van der Waals surface area contributed by atoms with Crippen LogP contribution in [0.4, 0.5) is 11.4 Å². The summed E-state index contributed by atoms with van der Waals surface area (Å²) in [7, 11) is -3.31. The third-order valence-electron chi connectivity index (χ3n) is 6.24. The van der Waals surface area contributed by atoms with E-state index in [1.807, 2.05) is 35.0 Å². The maximum Gasteiger partial charge on any atom is 0.253 e. The van der Waals surface area contributed by atoms with Crippen LogP contribution in [0.5, 0.6) is 0 Å². The van der Waals surface area contributed by atoms with Crippen LogP contribution >= 0.6 is 0 Å². The van der Waals surface area contributed by atoms with Crippen molar-refractivity contribution in [2.24, 2.45) is 5.92 Å². The Kier molecular flexibility index (Phi) is 5.60. The number of hydrogen-bond donors (Lipinski definition) is 1. The van der Waals surface area contributed by atoms with Crippen molar-refractivity contribution in [3.63, 3.8) is 0 Å². The van der Waals surface area contributed by atoms with E-state index in [1.54, 1.807) is 35.6 Å². The number of rotatable bonds is 6. The van der Waals surface area contributed by atoms with Crippen LogP contribution in [0.2, 0.25) is 0 Å². The molecule has 0 spiro atoms. The Morgan fingerprint density at radius 1 is 1.15 bits per heavy atom. The molecule has 2 aliphatic heterocycles. The van der Waals surface area contributed by atoms with Gasteiger partial charge in [0.1, 0.15) is 0 Å². The number of imidazole rings is 1. The molecule has 176 valence electrons. The molecular weight excluding hydrogens is 454 g/mol. The van der Waals surface area contributed by atoms with Gasteiger partial charge in [-0.25, -0.2) is 13.4 Å². The summed E-state index contributed by atoms with van der Waals surface area (Å²) in [5.41, 5.74) is 3.80. The van der Waals surface area contributed by atoms with E-state index < -0.39 is 10.0 Å². The third-order valence-corrected chi connectivity index (χ3v) is 7.42. The van der Waals surface area contributed by atoms with Gasteiger partial charge < -0.3 is 14.8 Å². The van der Waals surface area contributed by atoms with Crippen LogP contribution in [0.1, 0.15) is 21.5 Å². The highest BCUT2D eigenvalue weighted by Crippen LogP contribution is 2.32. The summed E-state index contributed by atoms with van der Waals surface area (Å²) in [5.74, 6) is -0.510. The summed E-state index contributed by atoms with van der Waals surface area (Å²) < 4.78 is 27.1. The number of nitrogens with zero attached hydrogens (tertiary/aromatic N) is 4. The van der Waals surface area contributed by atoms with E-state index in [-0.39, 0.29) is 17.7 Å². The highest BCUT2D eigenvalue weighted by molar-refractivity contribution is 7.92. The topological polar surface area (TPSA) is 105 Å². The van der Waals surface area contributed by atoms with Crippen LogP contribution in [-0.2, 0) is 27.8 Å². The van der Waals surface area contributed by atoms with Crippen molar-refractivity contribution in [1.82, 2.24) is 14.5 Å². The molecule has 3 heterocycles. The average Bonchev–Trinajstić information content (AvgIpc) is 3.42. The second kappa shape index (κ2) is 8.60. The summed E-state index contributed by atoms with van der Waals surface area (Å²) in [4.78, 5) is 31.3. The monoisotopic (exact) mass is 479 g/mol. The zero-order valence-electron chi connectivity index (χ0n) is 18.7. The molecular formula is C24H25N5O4S. The molecule has 0 radical (unpaired) electrons. The lowest BCUT2D eigenvalue weighted by Crippen LogP contribution is -2.54. The predicted octanol–water partition coefficient (Wildman–Crippen LogP) is 1.96. The number of aromatic nitrogens is 2. The first-order valence-electron chi connectivity index (χ1n) is 11.0. The predicted molar refractivity (Wildman–Crippen MR) is 128 cm³/mol. The van der Waals surface area contributed by atoms with Crippen LogP contribution in [0.3, 0.4) is 0 Å². The van der Waals surface area contributed by atoms with Gasteiger partial charge in [-0.2, -0.15) is 0 Å². The van der Waals surface area contributed by atoms with Crippen molar-refractivity contribution in [1.29, 1.82) is 0 Å². The lowest BCUT2D eigenvalue weighted by Gasteiger charge is -2.38. The highest BCUT2D eigenvalue weighted by Gasteiger charge is 2.36. The first kappa shape index (κ1) is 22.1. The molecule has 1 fully saturated rings. The van der Waals surface area contributed by atoms with Gasteiger partial charge in [0.05, 0.1) is 24.2 Å². The van der Waals surface area contributed by atoms with Crippen LogP contribution in [0, 0.1) is 5.92 Å². The quantitative estimate of drug-likeness (QED) is 0.582. The van der Waals surface area contributed by atoms with Gasteiger partial charge in [0, 0.05) is 49.8 Å². The Morgan fingerprint density at radius 2 is 1.97 bits per heavy atom. The zero-order valence-corrected chi connectivity index (χ0v) is 19.5. The Bertz CT molecular complexity index is 1350. The SMILES string of the molecule is CS(=O)(=O)N1CCc2cc(NC(=O)C3CN(C(=O)c4cccc(Cn5ccnc5)c4)C3)ccc21. The molecule has 5 rings (SSSR count).